The molecule has 456 valence electrons. The van der Waals surface area contributed by atoms with Gasteiger partial charge in [0.15, 0.2) is 5.60 Å². The first-order valence-electron chi connectivity index (χ1n) is 26.7. The Morgan fingerprint density at radius 3 is 2.16 bits per heavy atom. The Balaban J connectivity index is 0.875. The third-order valence-corrected chi connectivity index (χ3v) is 14.9. The molecule has 86 heavy (non-hydrogen) atoms. The number of carboxylic acids is 2. The van der Waals surface area contributed by atoms with E-state index in [0.717, 1.165) is 18.2 Å². The molecule has 0 spiro atoms. The van der Waals surface area contributed by atoms with E-state index in [9.17, 15) is 80.9 Å². The number of rotatable bonds is 25. The van der Waals surface area contributed by atoms with E-state index in [1.807, 2.05) is 5.32 Å². The van der Waals surface area contributed by atoms with Crippen molar-refractivity contribution in [2.75, 3.05) is 32.9 Å². The van der Waals surface area contributed by atoms with Gasteiger partial charge in [0.2, 0.25) is 35.6 Å². The zero-order chi connectivity index (χ0) is 62.5. The van der Waals surface area contributed by atoms with Crippen molar-refractivity contribution in [3.63, 3.8) is 0 Å². The molecule has 8 amide bonds. The van der Waals surface area contributed by atoms with E-state index in [4.69, 9.17) is 19.6 Å². The van der Waals surface area contributed by atoms with Crippen molar-refractivity contribution in [2.45, 2.75) is 108 Å². The number of cyclic esters (lactones) is 1. The molecule has 3 aliphatic heterocycles. The van der Waals surface area contributed by atoms with E-state index >= 15 is 4.39 Å². The lowest BCUT2D eigenvalue weighted by Gasteiger charge is -2.31. The summed E-state index contributed by atoms with van der Waals surface area (Å²) in [5, 5.41) is 46.0. The number of fused-ring (bicyclic) bond motifs is 5. The molecule has 0 bridgehead atoms. The first kappa shape index (κ1) is 62.6. The number of ether oxygens (including phenoxy) is 2. The summed E-state index contributed by atoms with van der Waals surface area (Å²) in [6.45, 7) is -2.11. The van der Waals surface area contributed by atoms with Gasteiger partial charge in [0.1, 0.15) is 37.3 Å². The maximum Gasteiger partial charge on any atom is 0.423 e. The molecular weight excluding hydrogens is 1150 g/mol. The van der Waals surface area contributed by atoms with Crippen LogP contribution in [-0.2, 0) is 93.8 Å². The van der Waals surface area contributed by atoms with Crippen LogP contribution < -0.4 is 42.8 Å². The molecule has 6 atom stereocenters. The summed E-state index contributed by atoms with van der Waals surface area (Å²) in [7, 11) is 0. The Hall–Kier alpha value is -9.49. The zero-order valence-electron chi connectivity index (χ0n) is 45.7. The Morgan fingerprint density at radius 1 is 0.849 bits per heavy atom. The van der Waals surface area contributed by atoms with Gasteiger partial charge in [-0.2, -0.15) is 13.2 Å². The average molecular weight is 1210 g/mol. The molecule has 0 fully saturated rings. The van der Waals surface area contributed by atoms with E-state index in [1.54, 1.807) is 30.3 Å². The topological polar surface area (TPSA) is 389 Å². The van der Waals surface area contributed by atoms with Crippen molar-refractivity contribution < 1.29 is 95.1 Å². The van der Waals surface area contributed by atoms with Crippen molar-refractivity contribution in [1.82, 2.24) is 51.7 Å². The molecule has 0 saturated carbocycles. The number of pyridine rings is 2. The van der Waals surface area contributed by atoms with Gasteiger partial charge in [0, 0.05) is 54.1 Å². The van der Waals surface area contributed by atoms with Gasteiger partial charge in [0.25, 0.3) is 23.3 Å². The number of nitrogens with one attached hydrogen (secondary N) is 7. The standard InChI is InChI=1S/C55H56F4N10O17/c1-3-54(84)30-16-36-46-28(22-68(36)51(80)29(30)23-85-53(54)83)45-32(10-9-27-25(2)31(56)17-34(66-46)44(27)45)67-50(79)47(55(57,58)59)86-24-64-39(71)20-62-48(77)35(15-26-7-5-4-6-8-26)65-40(72)21-61-38(70)19-63-49(78)37(69-41(73)12-13-42(69)74)18-60-33(52(81)82)11-14-43(75)76/h4-8,12-13,16-17,32-33,35,37,47,60,84H,3,9-11,14-15,18-24H2,1-2H3,(H,61,70)(H,62,77)(H,63,78)(H,64,71)(H,65,72)(H,67,79)(H,75,76)(H,81,82)/t32-,33-,35-,37-,47+,54-/m0/s1. The number of aryl methyl sites for hydroxylation is 1. The molecule has 4 aliphatic rings. The molecule has 31 heteroatoms. The molecule has 2 aromatic heterocycles. The van der Waals surface area contributed by atoms with Crippen LogP contribution in [0, 0.1) is 12.7 Å². The second-order valence-corrected chi connectivity index (χ2v) is 20.4. The Morgan fingerprint density at radius 2 is 1.51 bits per heavy atom. The van der Waals surface area contributed by atoms with Gasteiger partial charge in [-0.15, -0.1) is 0 Å². The van der Waals surface area contributed by atoms with Crippen molar-refractivity contribution in [2.24, 2.45) is 0 Å². The summed E-state index contributed by atoms with van der Waals surface area (Å²) in [5.74, 6) is -13.2. The molecule has 0 saturated heterocycles. The third-order valence-electron chi connectivity index (χ3n) is 14.9. The predicted octanol–water partition coefficient (Wildman–Crippen LogP) is -1.07. The number of nitrogens with zero attached hydrogens (tertiary/aromatic N) is 3. The highest BCUT2D eigenvalue weighted by molar-refractivity contribution is 6.15. The number of benzene rings is 2. The lowest BCUT2D eigenvalue weighted by Crippen LogP contribution is -2.57. The number of carbonyl (C=O) groups is 11. The smallest absolute Gasteiger partial charge is 0.423 e. The average Bonchev–Trinajstić information content (AvgIpc) is 1.50. The van der Waals surface area contributed by atoms with Crippen LogP contribution in [0.15, 0.2) is 59.4 Å². The fraction of sp³-hybridized carbons (Fsp3) is 0.400. The largest absolute Gasteiger partial charge is 0.481 e. The molecule has 5 heterocycles. The molecule has 27 nitrogen and oxygen atoms in total. The van der Waals surface area contributed by atoms with Crippen LogP contribution in [0.4, 0.5) is 17.6 Å². The SMILES string of the molecule is CC[C@@]1(O)C(=O)OCc2c1cc1n(c2=O)Cc2c-1nc1cc(F)c(C)c3c1c2[C@@H](NC(=O)[C@@H](OCNC(=O)CNC(=O)[C@H](Cc1ccccc1)NC(=O)CNC(=O)CNC(=O)[C@H](CN[C@@H](CCC(=O)O)C(=O)O)N1C(=O)C=CC1=O)C(F)(F)F)CC3. The predicted molar refractivity (Wildman–Crippen MR) is 285 cm³/mol. The second-order valence-electron chi connectivity index (χ2n) is 20.4. The molecule has 10 N–H and O–H groups in total. The number of imide groups is 1. The number of aliphatic carboxylic acids is 2. The van der Waals surface area contributed by atoms with Gasteiger partial charge in [-0.05, 0) is 60.9 Å². The Bertz CT molecular complexity index is 3560. The maximum atomic E-state index is 15.4. The number of carbonyl (C=O) groups excluding carboxylic acids is 9. The Kier molecular flexibility index (Phi) is 18.8. The summed E-state index contributed by atoms with van der Waals surface area (Å²) >= 11 is 0. The number of amides is 8. The molecule has 8 rings (SSSR count). The zero-order valence-corrected chi connectivity index (χ0v) is 45.7. The number of halogens is 4. The normalized spacial score (nSPS) is 17.9. The minimum atomic E-state index is -5.38. The van der Waals surface area contributed by atoms with E-state index in [1.165, 1.54) is 24.5 Å². The van der Waals surface area contributed by atoms with Crippen LogP contribution in [0.3, 0.4) is 0 Å². The van der Waals surface area contributed by atoms with Crippen molar-refractivity contribution in [3.8, 4) is 11.4 Å². The number of hydrogen-bond donors (Lipinski definition) is 10. The summed E-state index contributed by atoms with van der Waals surface area (Å²) in [5.41, 5.74) is -0.844. The van der Waals surface area contributed by atoms with E-state index < -0.39 is 171 Å². The molecule has 1 aliphatic carbocycles. The van der Waals surface area contributed by atoms with Crippen LogP contribution in [-0.4, -0.2) is 158 Å². The van der Waals surface area contributed by atoms with Gasteiger partial charge in [-0.3, -0.25) is 57.6 Å². The molecule has 0 radical (unpaired) electrons. The number of aromatic nitrogens is 2. The van der Waals surface area contributed by atoms with E-state index in [2.05, 4.69) is 31.9 Å². The number of aliphatic hydroxyl groups is 1. The maximum absolute atomic E-state index is 15.4. The summed E-state index contributed by atoms with van der Waals surface area (Å²) in [6.07, 6.45) is -8.24. The van der Waals surface area contributed by atoms with Gasteiger partial charge < -0.3 is 66.6 Å². The third kappa shape index (κ3) is 13.4. The second kappa shape index (κ2) is 25.8. The first-order valence-corrected chi connectivity index (χ1v) is 26.7. The quantitative estimate of drug-likeness (QED) is 0.0144. The number of hydrogen-bond acceptors (Lipinski definition) is 17. The van der Waals surface area contributed by atoms with Gasteiger partial charge in [-0.1, -0.05) is 37.3 Å². The van der Waals surface area contributed by atoms with Crippen LogP contribution in [0.5, 0.6) is 0 Å². The van der Waals surface area contributed by atoms with Crippen LogP contribution >= 0.6 is 0 Å². The first-order chi connectivity index (χ1) is 40.7. The highest BCUT2D eigenvalue weighted by atomic mass is 19.4. The molecule has 0 unspecified atom stereocenters. The van der Waals surface area contributed by atoms with Gasteiger partial charge in [0.05, 0.1) is 54.7 Å². The summed E-state index contributed by atoms with van der Waals surface area (Å²) in [6, 6.07) is 4.69. The van der Waals surface area contributed by atoms with Crippen LogP contribution in [0.1, 0.15) is 77.6 Å². The van der Waals surface area contributed by atoms with Crippen molar-refractivity contribution in [3.05, 3.63) is 110 Å². The number of alkyl halides is 3. The minimum Gasteiger partial charge on any atom is -0.481 e. The number of esters is 1. The van der Waals surface area contributed by atoms with Gasteiger partial charge in [-0.25, -0.2) is 14.2 Å². The molecular formula is C55H56F4N10O17. The highest BCUT2D eigenvalue weighted by Gasteiger charge is 2.49. The fourth-order valence-electron chi connectivity index (χ4n) is 10.5. The molecule has 4 aromatic rings. The van der Waals surface area contributed by atoms with Gasteiger partial charge >= 0.3 is 24.1 Å². The van der Waals surface area contributed by atoms with Crippen molar-refractivity contribution >= 4 is 76.1 Å². The summed E-state index contributed by atoms with van der Waals surface area (Å²) < 4.78 is 70.9. The Labute approximate surface area is 483 Å². The van der Waals surface area contributed by atoms with Crippen LogP contribution in [0.25, 0.3) is 22.3 Å². The minimum absolute atomic E-state index is 0.00881. The molecule has 2 aromatic carbocycles. The number of carboxylic acid groups (broad SMARTS) is 2. The lowest BCUT2D eigenvalue weighted by molar-refractivity contribution is -0.220. The van der Waals surface area contributed by atoms with E-state index in [0.29, 0.717) is 27.0 Å². The van der Waals surface area contributed by atoms with E-state index in [-0.39, 0.29) is 71.4 Å². The highest BCUT2D eigenvalue weighted by Crippen LogP contribution is 2.46. The van der Waals surface area contributed by atoms with Crippen LogP contribution in [0.2, 0.25) is 0 Å². The fourth-order valence-corrected chi connectivity index (χ4v) is 10.5. The summed E-state index contributed by atoms with van der Waals surface area (Å²) in [4.78, 5) is 159. The van der Waals surface area contributed by atoms with Crippen molar-refractivity contribution in [1.29, 1.82) is 0 Å². The monoisotopic (exact) mass is 1200 g/mol. The lowest BCUT2D eigenvalue weighted by atomic mass is 9.81.